The minimum absolute atomic E-state index is 0.0983. The van der Waals surface area contributed by atoms with Gasteiger partial charge in [0.25, 0.3) is 0 Å². The Bertz CT molecular complexity index is 412. The van der Waals surface area contributed by atoms with Crippen molar-refractivity contribution in [3.63, 3.8) is 0 Å². The fraction of sp³-hybridized carbons (Fsp3) is 0.500. The average molecular weight is 261 g/mol. The molecule has 0 saturated heterocycles. The van der Waals surface area contributed by atoms with Gasteiger partial charge < -0.3 is 5.32 Å². The minimum atomic E-state index is -0.209. The monoisotopic (exact) mass is 261 g/mol. The first-order chi connectivity index (χ1) is 8.99. The van der Waals surface area contributed by atoms with Crippen LogP contribution in [0.1, 0.15) is 32.8 Å². The van der Waals surface area contributed by atoms with Crippen LogP contribution in [0.5, 0.6) is 0 Å². The van der Waals surface area contributed by atoms with Gasteiger partial charge in [0, 0.05) is 6.42 Å². The lowest BCUT2D eigenvalue weighted by Gasteiger charge is -2.17. The van der Waals surface area contributed by atoms with Crippen molar-refractivity contribution >= 4 is 11.6 Å². The Balaban J connectivity index is 2.42. The average Bonchev–Trinajstić information content (AvgIpc) is 2.35. The molecule has 3 nitrogen and oxygen atoms in total. The smallest absolute Gasteiger partial charge is 0.150 e. The Morgan fingerprint density at radius 3 is 2.32 bits per heavy atom. The lowest BCUT2D eigenvalue weighted by molar-refractivity contribution is -0.120. The number of benzene rings is 1. The van der Waals surface area contributed by atoms with Crippen LogP contribution in [0, 0.1) is 5.92 Å². The Morgan fingerprint density at radius 1 is 1.16 bits per heavy atom. The third kappa shape index (κ3) is 6.30. The van der Waals surface area contributed by atoms with E-state index < -0.39 is 0 Å². The van der Waals surface area contributed by atoms with Crippen molar-refractivity contribution in [3.8, 4) is 0 Å². The fourth-order valence-corrected chi connectivity index (χ4v) is 1.99. The molecule has 0 spiro atoms. The summed E-state index contributed by atoms with van der Waals surface area (Å²) >= 11 is 0. The predicted molar refractivity (Wildman–Crippen MR) is 77.1 cm³/mol. The highest BCUT2D eigenvalue weighted by molar-refractivity contribution is 5.85. The van der Waals surface area contributed by atoms with Gasteiger partial charge in [-0.25, -0.2) is 0 Å². The molecular weight excluding hydrogens is 238 g/mol. The molecule has 1 aromatic rings. The highest BCUT2D eigenvalue weighted by atomic mass is 16.1. The number of hydrogen-bond donors (Lipinski definition) is 1. The maximum atomic E-state index is 11.9. The van der Waals surface area contributed by atoms with Crippen LogP contribution < -0.4 is 5.32 Å². The van der Waals surface area contributed by atoms with Crippen molar-refractivity contribution in [2.24, 2.45) is 5.92 Å². The standard InChI is InChI=1S/C16H23NO2/c1-12(2)9-16(13(3)18)17-11-15(19)10-14-7-5-4-6-8-14/h4-8,12,16-17H,9-11H2,1-3H3. The van der Waals surface area contributed by atoms with E-state index in [1.807, 2.05) is 30.3 Å². The summed E-state index contributed by atoms with van der Waals surface area (Å²) in [5.41, 5.74) is 1.01. The molecular formula is C16H23NO2. The molecule has 0 saturated carbocycles. The number of Topliss-reactive ketones (excluding diaryl/α,β-unsaturated/α-hetero) is 2. The van der Waals surface area contributed by atoms with E-state index in [2.05, 4.69) is 19.2 Å². The molecule has 104 valence electrons. The van der Waals surface area contributed by atoms with Gasteiger partial charge in [-0.2, -0.15) is 0 Å². The SMILES string of the molecule is CC(=O)C(CC(C)C)NCC(=O)Cc1ccccc1. The molecule has 0 aliphatic rings. The van der Waals surface area contributed by atoms with E-state index in [0.717, 1.165) is 12.0 Å². The maximum Gasteiger partial charge on any atom is 0.150 e. The summed E-state index contributed by atoms with van der Waals surface area (Å²) in [5, 5.41) is 3.07. The van der Waals surface area contributed by atoms with E-state index >= 15 is 0 Å². The van der Waals surface area contributed by atoms with Crippen LogP contribution in [0.25, 0.3) is 0 Å². The quantitative estimate of drug-likeness (QED) is 0.781. The summed E-state index contributed by atoms with van der Waals surface area (Å²) in [5.74, 6) is 0.646. The Kier molecular flexibility index (Phi) is 6.43. The summed E-state index contributed by atoms with van der Waals surface area (Å²) in [4.78, 5) is 23.3. The van der Waals surface area contributed by atoms with Crippen molar-refractivity contribution < 1.29 is 9.59 Å². The van der Waals surface area contributed by atoms with Crippen LogP contribution in [0.4, 0.5) is 0 Å². The van der Waals surface area contributed by atoms with E-state index in [1.165, 1.54) is 0 Å². The maximum absolute atomic E-state index is 11.9. The molecule has 1 N–H and O–H groups in total. The van der Waals surface area contributed by atoms with Gasteiger partial charge >= 0.3 is 0 Å². The van der Waals surface area contributed by atoms with Gasteiger partial charge in [0.15, 0.2) is 5.78 Å². The van der Waals surface area contributed by atoms with Gasteiger partial charge in [-0.05, 0) is 24.8 Å². The van der Waals surface area contributed by atoms with Crippen molar-refractivity contribution in [1.82, 2.24) is 5.32 Å². The van der Waals surface area contributed by atoms with Crippen LogP contribution in [-0.4, -0.2) is 24.2 Å². The summed E-state index contributed by atoms with van der Waals surface area (Å²) in [7, 11) is 0. The van der Waals surface area contributed by atoms with Crippen LogP contribution in [-0.2, 0) is 16.0 Å². The topological polar surface area (TPSA) is 46.2 Å². The zero-order valence-electron chi connectivity index (χ0n) is 12.0. The number of carbonyl (C=O) groups is 2. The van der Waals surface area contributed by atoms with Gasteiger partial charge in [0.05, 0.1) is 12.6 Å². The van der Waals surface area contributed by atoms with Crippen molar-refractivity contribution in [1.29, 1.82) is 0 Å². The van der Waals surface area contributed by atoms with E-state index in [4.69, 9.17) is 0 Å². The van der Waals surface area contributed by atoms with Gasteiger partial charge in [-0.3, -0.25) is 9.59 Å². The highest BCUT2D eigenvalue weighted by Gasteiger charge is 2.16. The molecule has 1 aromatic carbocycles. The largest absolute Gasteiger partial charge is 0.301 e. The van der Waals surface area contributed by atoms with E-state index in [0.29, 0.717) is 12.3 Å². The molecule has 0 bridgehead atoms. The fourth-order valence-electron chi connectivity index (χ4n) is 1.99. The first-order valence-electron chi connectivity index (χ1n) is 6.78. The minimum Gasteiger partial charge on any atom is -0.301 e. The second-order valence-electron chi connectivity index (χ2n) is 5.37. The van der Waals surface area contributed by atoms with Gasteiger partial charge in [-0.15, -0.1) is 0 Å². The third-order valence-electron chi connectivity index (χ3n) is 2.99. The van der Waals surface area contributed by atoms with Crippen LogP contribution in [0.3, 0.4) is 0 Å². The van der Waals surface area contributed by atoms with Crippen LogP contribution >= 0.6 is 0 Å². The summed E-state index contributed by atoms with van der Waals surface area (Å²) in [6.07, 6.45) is 1.19. The third-order valence-corrected chi connectivity index (χ3v) is 2.99. The molecule has 0 aliphatic heterocycles. The first-order valence-corrected chi connectivity index (χ1v) is 6.78. The Morgan fingerprint density at radius 2 is 1.79 bits per heavy atom. The van der Waals surface area contributed by atoms with Gasteiger partial charge in [0.2, 0.25) is 0 Å². The summed E-state index contributed by atoms with van der Waals surface area (Å²) < 4.78 is 0. The molecule has 0 heterocycles. The number of carbonyl (C=O) groups excluding carboxylic acids is 2. The lowest BCUT2D eigenvalue weighted by Crippen LogP contribution is -2.39. The molecule has 0 aromatic heterocycles. The molecule has 0 fully saturated rings. The van der Waals surface area contributed by atoms with Crippen LogP contribution in [0.2, 0.25) is 0 Å². The highest BCUT2D eigenvalue weighted by Crippen LogP contribution is 2.06. The number of hydrogen-bond acceptors (Lipinski definition) is 3. The molecule has 19 heavy (non-hydrogen) atoms. The number of rotatable bonds is 8. The number of nitrogens with one attached hydrogen (secondary N) is 1. The lowest BCUT2D eigenvalue weighted by atomic mass is 10.0. The summed E-state index contributed by atoms with van der Waals surface area (Å²) in [6.45, 7) is 5.97. The zero-order valence-corrected chi connectivity index (χ0v) is 12.0. The van der Waals surface area contributed by atoms with Gasteiger partial charge in [0.1, 0.15) is 5.78 Å². The second kappa shape index (κ2) is 7.85. The zero-order chi connectivity index (χ0) is 14.3. The molecule has 1 unspecified atom stereocenters. The van der Waals surface area contributed by atoms with E-state index in [9.17, 15) is 9.59 Å². The molecule has 3 heteroatoms. The molecule has 0 radical (unpaired) electrons. The normalized spacial score (nSPS) is 12.4. The van der Waals surface area contributed by atoms with Crippen molar-refractivity contribution in [3.05, 3.63) is 35.9 Å². The van der Waals surface area contributed by atoms with E-state index in [-0.39, 0.29) is 24.2 Å². The molecule has 0 aliphatic carbocycles. The van der Waals surface area contributed by atoms with Crippen LogP contribution in [0.15, 0.2) is 30.3 Å². The Labute approximate surface area is 115 Å². The Hall–Kier alpha value is -1.48. The second-order valence-corrected chi connectivity index (χ2v) is 5.37. The van der Waals surface area contributed by atoms with Gasteiger partial charge in [-0.1, -0.05) is 44.2 Å². The number of ketones is 2. The predicted octanol–water partition coefficient (Wildman–Crippen LogP) is 2.39. The van der Waals surface area contributed by atoms with Crippen molar-refractivity contribution in [2.45, 2.75) is 39.7 Å². The van der Waals surface area contributed by atoms with E-state index in [1.54, 1.807) is 6.92 Å². The van der Waals surface area contributed by atoms with Crippen molar-refractivity contribution in [2.75, 3.05) is 6.54 Å². The molecule has 1 atom stereocenters. The summed E-state index contributed by atoms with van der Waals surface area (Å²) in [6, 6.07) is 9.45. The molecule has 1 rings (SSSR count). The molecule has 0 amide bonds. The first kappa shape index (κ1) is 15.6.